The van der Waals surface area contributed by atoms with Crippen molar-refractivity contribution in [3.05, 3.63) is 40.7 Å². The number of nitrogens with zero attached hydrogens (tertiary/aromatic N) is 3. The lowest BCUT2D eigenvalue weighted by atomic mass is 10.2. The van der Waals surface area contributed by atoms with Crippen molar-refractivity contribution in [1.29, 1.82) is 0 Å². The second-order valence-electron chi connectivity index (χ2n) is 5.90. The largest absolute Gasteiger partial charge is 0.497 e. The summed E-state index contributed by atoms with van der Waals surface area (Å²) in [5.41, 5.74) is 0.110. The van der Waals surface area contributed by atoms with Gasteiger partial charge in [0.15, 0.2) is 0 Å². The van der Waals surface area contributed by atoms with Gasteiger partial charge in [-0.3, -0.25) is 9.59 Å². The van der Waals surface area contributed by atoms with E-state index in [1.807, 2.05) is 4.90 Å². The Balaban J connectivity index is 1.75. The van der Waals surface area contributed by atoms with Gasteiger partial charge in [-0.15, -0.1) is 0 Å². The summed E-state index contributed by atoms with van der Waals surface area (Å²) >= 11 is 0. The molecule has 1 aliphatic heterocycles. The number of hydrogen-bond acceptors (Lipinski definition) is 7. The number of hydrogen-bond donors (Lipinski definition) is 1. The Morgan fingerprint density at radius 1 is 1.19 bits per heavy atom. The summed E-state index contributed by atoms with van der Waals surface area (Å²) in [5.74, 6) is 1.32. The molecule has 1 saturated heterocycles. The summed E-state index contributed by atoms with van der Waals surface area (Å²) in [7, 11) is 3.04. The molecular weight excluding hydrogens is 352 g/mol. The number of aromatic nitrogens is 2. The van der Waals surface area contributed by atoms with Gasteiger partial charge < -0.3 is 24.4 Å². The minimum atomic E-state index is -0.393. The van der Waals surface area contributed by atoms with E-state index >= 15 is 0 Å². The fourth-order valence-electron chi connectivity index (χ4n) is 2.75. The van der Waals surface area contributed by atoms with Gasteiger partial charge >= 0.3 is 0 Å². The summed E-state index contributed by atoms with van der Waals surface area (Å²) in [4.78, 5) is 26.6. The van der Waals surface area contributed by atoms with E-state index in [9.17, 15) is 9.59 Å². The topological polar surface area (TPSA) is 94.9 Å². The number of ether oxygens (including phenoxy) is 3. The molecule has 1 aromatic carbocycles. The number of carbonyl (C=O) groups is 1. The summed E-state index contributed by atoms with van der Waals surface area (Å²) in [6.45, 7) is 2.39. The number of amides is 1. The average molecular weight is 374 g/mol. The average Bonchev–Trinajstić information content (AvgIpc) is 2.70. The van der Waals surface area contributed by atoms with Crippen molar-refractivity contribution in [3.8, 4) is 11.5 Å². The minimum Gasteiger partial charge on any atom is -0.497 e. The van der Waals surface area contributed by atoms with E-state index in [0.717, 1.165) is 4.68 Å². The maximum absolute atomic E-state index is 12.4. The molecule has 3 rings (SSSR count). The zero-order valence-corrected chi connectivity index (χ0v) is 15.3. The van der Waals surface area contributed by atoms with Crippen molar-refractivity contribution in [2.24, 2.45) is 0 Å². The molecule has 27 heavy (non-hydrogen) atoms. The van der Waals surface area contributed by atoms with Crippen LogP contribution in [0.15, 0.2) is 35.1 Å². The molecule has 1 N–H and O–H groups in total. The first kappa shape index (κ1) is 18.7. The fourth-order valence-corrected chi connectivity index (χ4v) is 2.75. The lowest BCUT2D eigenvalue weighted by molar-refractivity contribution is -0.117. The van der Waals surface area contributed by atoms with Gasteiger partial charge in [0.05, 0.1) is 33.1 Å². The van der Waals surface area contributed by atoms with Gasteiger partial charge in [0.25, 0.3) is 5.56 Å². The second-order valence-corrected chi connectivity index (χ2v) is 5.90. The molecule has 144 valence electrons. The van der Waals surface area contributed by atoms with Crippen molar-refractivity contribution < 1.29 is 19.0 Å². The van der Waals surface area contributed by atoms with Gasteiger partial charge in [-0.2, -0.15) is 5.10 Å². The van der Waals surface area contributed by atoms with Crippen molar-refractivity contribution in [3.63, 3.8) is 0 Å². The van der Waals surface area contributed by atoms with Gasteiger partial charge in [-0.25, -0.2) is 4.68 Å². The van der Waals surface area contributed by atoms with E-state index < -0.39 is 5.91 Å². The van der Waals surface area contributed by atoms with Gasteiger partial charge in [0.2, 0.25) is 5.91 Å². The van der Waals surface area contributed by atoms with E-state index in [1.165, 1.54) is 20.3 Å². The number of methoxy groups -OCH3 is 2. The molecule has 0 spiro atoms. The quantitative estimate of drug-likeness (QED) is 0.797. The molecule has 1 amide bonds. The third kappa shape index (κ3) is 4.56. The highest BCUT2D eigenvalue weighted by atomic mass is 16.5. The molecular formula is C18H22N4O5. The molecule has 0 aliphatic carbocycles. The molecule has 1 aromatic heterocycles. The Kier molecular flexibility index (Phi) is 5.92. The van der Waals surface area contributed by atoms with Gasteiger partial charge in [0.1, 0.15) is 23.9 Å². The van der Waals surface area contributed by atoms with E-state index in [2.05, 4.69) is 10.4 Å². The summed E-state index contributed by atoms with van der Waals surface area (Å²) in [5, 5.41) is 7.05. The zero-order valence-electron chi connectivity index (χ0n) is 15.3. The van der Waals surface area contributed by atoms with Crippen molar-refractivity contribution >= 4 is 17.4 Å². The van der Waals surface area contributed by atoms with Crippen molar-refractivity contribution in [2.45, 2.75) is 6.54 Å². The predicted octanol–water partition coefficient (Wildman–Crippen LogP) is 0.736. The van der Waals surface area contributed by atoms with Gasteiger partial charge in [0, 0.05) is 25.2 Å². The van der Waals surface area contributed by atoms with Crippen LogP contribution in [0.4, 0.5) is 11.5 Å². The van der Waals surface area contributed by atoms with Crippen LogP contribution in [0.1, 0.15) is 0 Å². The van der Waals surface area contributed by atoms with Crippen LogP contribution in [-0.2, 0) is 16.1 Å². The first-order valence-electron chi connectivity index (χ1n) is 8.53. The lowest BCUT2D eigenvalue weighted by Gasteiger charge is -2.27. The SMILES string of the molecule is COc1ccc(OC)c(NC(=O)Cn2nc(N3CCOCC3)ccc2=O)c1. The highest BCUT2D eigenvalue weighted by Gasteiger charge is 2.15. The number of rotatable bonds is 6. The first-order valence-corrected chi connectivity index (χ1v) is 8.53. The highest BCUT2D eigenvalue weighted by molar-refractivity contribution is 5.92. The second kappa shape index (κ2) is 8.54. The molecule has 0 radical (unpaired) electrons. The van der Waals surface area contributed by atoms with Crippen molar-refractivity contribution in [2.75, 3.05) is 50.7 Å². The number of carbonyl (C=O) groups excluding carboxylic acids is 1. The molecule has 9 nitrogen and oxygen atoms in total. The Labute approximate surface area is 156 Å². The third-order valence-electron chi connectivity index (χ3n) is 4.16. The predicted molar refractivity (Wildman–Crippen MR) is 99.7 cm³/mol. The van der Waals surface area contributed by atoms with Crippen LogP contribution < -0.4 is 25.2 Å². The maximum Gasteiger partial charge on any atom is 0.267 e. The van der Waals surface area contributed by atoms with E-state index in [1.54, 1.807) is 24.3 Å². The molecule has 2 aromatic rings. The number of morpholine rings is 1. The molecule has 9 heteroatoms. The lowest BCUT2D eigenvalue weighted by Crippen LogP contribution is -2.38. The minimum absolute atomic E-state index is 0.211. The normalized spacial score (nSPS) is 13.9. The number of benzene rings is 1. The Hall–Kier alpha value is -3.07. The Bertz CT molecular complexity index is 861. The molecule has 1 fully saturated rings. The highest BCUT2D eigenvalue weighted by Crippen LogP contribution is 2.28. The van der Waals surface area contributed by atoms with Crippen LogP contribution >= 0.6 is 0 Å². The standard InChI is InChI=1S/C18H22N4O5/c1-25-13-3-4-15(26-2)14(11-13)19-17(23)12-22-18(24)6-5-16(20-22)21-7-9-27-10-8-21/h3-6,11H,7-10,12H2,1-2H3,(H,19,23). The third-order valence-corrected chi connectivity index (χ3v) is 4.16. The monoisotopic (exact) mass is 374 g/mol. The van der Waals surface area contributed by atoms with Crippen LogP contribution in [0.2, 0.25) is 0 Å². The van der Waals surface area contributed by atoms with Crippen LogP contribution in [0.5, 0.6) is 11.5 Å². The molecule has 0 bridgehead atoms. The van der Waals surface area contributed by atoms with E-state index in [-0.39, 0.29) is 12.1 Å². The molecule has 0 unspecified atom stereocenters. The van der Waals surface area contributed by atoms with Crippen LogP contribution in [0.25, 0.3) is 0 Å². The Morgan fingerprint density at radius 2 is 1.96 bits per heavy atom. The van der Waals surface area contributed by atoms with Crippen molar-refractivity contribution in [1.82, 2.24) is 9.78 Å². The number of anilines is 2. The zero-order chi connectivity index (χ0) is 19.2. The fraction of sp³-hybridized carbons (Fsp3) is 0.389. The van der Waals surface area contributed by atoms with Gasteiger partial charge in [-0.05, 0) is 18.2 Å². The summed E-state index contributed by atoms with van der Waals surface area (Å²) in [6, 6.07) is 8.14. The smallest absolute Gasteiger partial charge is 0.267 e. The van der Waals surface area contributed by atoms with E-state index in [4.69, 9.17) is 14.2 Å². The molecule has 0 saturated carbocycles. The molecule has 0 atom stereocenters. The maximum atomic E-state index is 12.4. The molecule has 2 heterocycles. The van der Waals surface area contributed by atoms with Crippen LogP contribution in [-0.4, -0.2) is 56.2 Å². The summed E-state index contributed by atoms with van der Waals surface area (Å²) < 4.78 is 16.9. The van der Waals surface area contributed by atoms with E-state index in [0.29, 0.717) is 49.3 Å². The Morgan fingerprint density at radius 3 is 2.67 bits per heavy atom. The molecule has 1 aliphatic rings. The van der Waals surface area contributed by atoms with Crippen LogP contribution in [0.3, 0.4) is 0 Å². The van der Waals surface area contributed by atoms with Crippen LogP contribution in [0, 0.1) is 0 Å². The number of nitrogens with one attached hydrogen (secondary N) is 1. The van der Waals surface area contributed by atoms with Gasteiger partial charge in [-0.1, -0.05) is 0 Å². The summed E-state index contributed by atoms with van der Waals surface area (Å²) in [6.07, 6.45) is 0. The first-order chi connectivity index (χ1) is 13.1.